The maximum absolute atomic E-state index is 12.7. The van der Waals surface area contributed by atoms with Crippen molar-refractivity contribution < 1.29 is 24.2 Å². The van der Waals surface area contributed by atoms with Crippen molar-refractivity contribution in [3.63, 3.8) is 0 Å². The Hall–Kier alpha value is -1.79. The molecular weight excluding hydrogens is 381 g/mol. The zero-order valence-corrected chi connectivity index (χ0v) is 15.8. The summed E-state index contributed by atoms with van der Waals surface area (Å²) in [6.45, 7) is 0. The second-order valence-corrected chi connectivity index (χ2v) is 7.17. The fraction of sp³-hybridized carbons (Fsp3) is 0.500. The van der Waals surface area contributed by atoms with Crippen molar-refractivity contribution in [2.24, 2.45) is 11.8 Å². The minimum Gasteiger partial charge on any atom is -0.481 e. The van der Waals surface area contributed by atoms with E-state index in [1.807, 2.05) is 0 Å². The first-order valence-electron chi connectivity index (χ1n) is 8.38. The lowest BCUT2D eigenvalue weighted by Gasteiger charge is -2.29. The molecule has 1 amide bonds. The van der Waals surface area contributed by atoms with Crippen LogP contribution in [-0.2, 0) is 19.1 Å². The summed E-state index contributed by atoms with van der Waals surface area (Å²) < 4.78 is 4.70. The average molecular weight is 402 g/mol. The summed E-state index contributed by atoms with van der Waals surface area (Å²) in [6.07, 6.45) is 2.48. The number of esters is 1. The van der Waals surface area contributed by atoms with Crippen LogP contribution in [0.25, 0.3) is 0 Å². The maximum Gasteiger partial charge on any atom is 0.307 e. The van der Waals surface area contributed by atoms with Gasteiger partial charge in [0.25, 0.3) is 0 Å². The van der Waals surface area contributed by atoms with Gasteiger partial charge in [0, 0.05) is 0 Å². The molecule has 0 bridgehead atoms. The highest BCUT2D eigenvalue weighted by atomic mass is 35.5. The third-order valence-electron chi connectivity index (χ3n) is 4.68. The third-order valence-corrected chi connectivity index (χ3v) is 5.42. The Labute approximate surface area is 161 Å². The first-order valence-corrected chi connectivity index (χ1v) is 9.14. The van der Waals surface area contributed by atoms with Gasteiger partial charge in [0.2, 0.25) is 5.91 Å². The summed E-state index contributed by atoms with van der Waals surface area (Å²) in [7, 11) is 1.26. The van der Waals surface area contributed by atoms with Gasteiger partial charge < -0.3 is 15.2 Å². The Kier molecular flexibility index (Phi) is 7.29. The Morgan fingerprint density at radius 3 is 2.42 bits per heavy atom. The van der Waals surface area contributed by atoms with Crippen molar-refractivity contribution >= 4 is 41.0 Å². The van der Waals surface area contributed by atoms with E-state index < -0.39 is 29.8 Å². The van der Waals surface area contributed by atoms with Gasteiger partial charge in [-0.05, 0) is 30.5 Å². The largest absolute Gasteiger partial charge is 0.481 e. The number of nitrogens with one attached hydrogen (secondary N) is 1. The zero-order chi connectivity index (χ0) is 19.3. The number of rotatable bonds is 6. The molecule has 0 radical (unpaired) electrons. The Bertz CT molecular complexity index is 694. The van der Waals surface area contributed by atoms with Gasteiger partial charge in [0.05, 0.1) is 41.5 Å². The van der Waals surface area contributed by atoms with E-state index in [0.717, 1.165) is 12.8 Å². The average Bonchev–Trinajstić information content (AvgIpc) is 2.63. The van der Waals surface area contributed by atoms with Crippen molar-refractivity contribution in [3.05, 3.63) is 33.8 Å². The molecule has 3 unspecified atom stereocenters. The lowest BCUT2D eigenvalue weighted by molar-refractivity contribution is -0.149. The van der Waals surface area contributed by atoms with E-state index in [0.29, 0.717) is 28.5 Å². The van der Waals surface area contributed by atoms with Crippen LogP contribution in [0.1, 0.15) is 43.7 Å². The quantitative estimate of drug-likeness (QED) is 0.710. The molecule has 0 saturated heterocycles. The maximum atomic E-state index is 12.7. The van der Waals surface area contributed by atoms with Crippen molar-refractivity contribution in [2.75, 3.05) is 7.11 Å². The second kappa shape index (κ2) is 9.24. The van der Waals surface area contributed by atoms with E-state index in [2.05, 4.69) is 5.32 Å². The predicted octanol–water partition coefficient (Wildman–Crippen LogP) is 3.60. The molecule has 1 aromatic carbocycles. The molecule has 2 N–H and O–H groups in total. The van der Waals surface area contributed by atoms with Crippen LogP contribution in [0.5, 0.6) is 0 Å². The molecule has 2 rings (SSSR count). The van der Waals surface area contributed by atoms with Crippen molar-refractivity contribution in [3.8, 4) is 0 Å². The van der Waals surface area contributed by atoms with Crippen molar-refractivity contribution in [1.82, 2.24) is 5.32 Å². The molecule has 8 heteroatoms. The molecule has 0 aliphatic heterocycles. The van der Waals surface area contributed by atoms with Crippen LogP contribution >= 0.6 is 23.2 Å². The van der Waals surface area contributed by atoms with E-state index in [9.17, 15) is 19.5 Å². The molecule has 0 aromatic heterocycles. The van der Waals surface area contributed by atoms with Crippen LogP contribution in [0.15, 0.2) is 18.2 Å². The Balaban J connectivity index is 2.22. The van der Waals surface area contributed by atoms with Gasteiger partial charge in [0.15, 0.2) is 0 Å². The minimum absolute atomic E-state index is 0.0926. The normalized spacial score (nSPS) is 20.9. The van der Waals surface area contributed by atoms with Gasteiger partial charge >= 0.3 is 11.9 Å². The molecule has 1 aliphatic carbocycles. The summed E-state index contributed by atoms with van der Waals surface area (Å²) in [6, 6.07) is 4.14. The molecule has 0 heterocycles. The number of benzene rings is 1. The molecule has 1 aromatic rings. The fourth-order valence-electron chi connectivity index (χ4n) is 3.25. The Morgan fingerprint density at radius 1 is 1.19 bits per heavy atom. The van der Waals surface area contributed by atoms with Crippen LogP contribution in [0.2, 0.25) is 10.0 Å². The fourth-order valence-corrected chi connectivity index (χ4v) is 3.56. The number of methoxy groups -OCH3 is 1. The Morgan fingerprint density at radius 2 is 1.85 bits per heavy atom. The number of halogens is 2. The predicted molar refractivity (Wildman–Crippen MR) is 97.1 cm³/mol. The molecule has 0 spiro atoms. The van der Waals surface area contributed by atoms with E-state index in [1.165, 1.54) is 7.11 Å². The number of carboxylic acids is 1. The highest BCUT2D eigenvalue weighted by Crippen LogP contribution is 2.32. The summed E-state index contributed by atoms with van der Waals surface area (Å²) in [5, 5.41) is 12.8. The molecule has 142 valence electrons. The summed E-state index contributed by atoms with van der Waals surface area (Å²) >= 11 is 12.0. The van der Waals surface area contributed by atoms with Crippen LogP contribution in [0.3, 0.4) is 0 Å². The van der Waals surface area contributed by atoms with Gasteiger partial charge in [-0.15, -0.1) is 0 Å². The van der Waals surface area contributed by atoms with Gasteiger partial charge in [-0.1, -0.05) is 42.1 Å². The number of aliphatic carboxylic acids is 1. The monoisotopic (exact) mass is 401 g/mol. The first kappa shape index (κ1) is 20.5. The van der Waals surface area contributed by atoms with Crippen molar-refractivity contribution in [2.45, 2.75) is 38.1 Å². The van der Waals surface area contributed by atoms with E-state index >= 15 is 0 Å². The number of carbonyl (C=O) groups excluding carboxylic acids is 2. The highest BCUT2D eigenvalue weighted by molar-refractivity contribution is 6.42. The standard InChI is InChI=1S/C18H21Cl2NO5/c1-26-16(22)9-15(10-6-7-13(19)14(20)8-10)21-17(23)11-4-2-3-5-12(11)18(24)25/h6-8,11-12,15H,2-5,9H2,1H3,(H,21,23)(H,24,25). The van der Waals surface area contributed by atoms with Gasteiger partial charge in [0.1, 0.15) is 0 Å². The smallest absolute Gasteiger partial charge is 0.307 e. The molecule has 1 saturated carbocycles. The molecule has 26 heavy (non-hydrogen) atoms. The summed E-state index contributed by atoms with van der Waals surface area (Å²) in [5.74, 6) is -3.18. The van der Waals surface area contributed by atoms with E-state index in [-0.39, 0.29) is 12.3 Å². The molecular formula is C18H21Cl2NO5. The zero-order valence-electron chi connectivity index (χ0n) is 14.3. The molecule has 3 atom stereocenters. The van der Waals surface area contributed by atoms with Crippen molar-refractivity contribution in [1.29, 1.82) is 0 Å². The number of carboxylic acid groups (broad SMARTS) is 1. The number of hydrogen-bond donors (Lipinski definition) is 2. The number of amides is 1. The third kappa shape index (κ3) is 5.11. The molecule has 6 nitrogen and oxygen atoms in total. The van der Waals surface area contributed by atoms with Crippen LogP contribution in [0.4, 0.5) is 0 Å². The first-order chi connectivity index (χ1) is 12.3. The summed E-state index contributed by atoms with van der Waals surface area (Å²) in [4.78, 5) is 35.9. The summed E-state index contributed by atoms with van der Waals surface area (Å²) in [5.41, 5.74) is 0.598. The second-order valence-electron chi connectivity index (χ2n) is 6.35. The lowest BCUT2D eigenvalue weighted by atomic mass is 9.78. The lowest BCUT2D eigenvalue weighted by Crippen LogP contribution is -2.41. The van der Waals surface area contributed by atoms with Gasteiger partial charge in [-0.2, -0.15) is 0 Å². The van der Waals surface area contributed by atoms with Crippen LogP contribution < -0.4 is 5.32 Å². The molecule has 1 fully saturated rings. The minimum atomic E-state index is -0.969. The van der Waals surface area contributed by atoms with Crippen LogP contribution in [0, 0.1) is 11.8 Å². The van der Waals surface area contributed by atoms with Crippen LogP contribution in [-0.4, -0.2) is 30.1 Å². The number of ether oxygens (including phenoxy) is 1. The van der Waals surface area contributed by atoms with E-state index in [4.69, 9.17) is 27.9 Å². The van der Waals surface area contributed by atoms with Gasteiger partial charge in [-0.25, -0.2) is 0 Å². The number of carbonyl (C=O) groups is 3. The SMILES string of the molecule is COC(=O)CC(NC(=O)C1CCCCC1C(=O)O)c1ccc(Cl)c(Cl)c1. The van der Waals surface area contributed by atoms with Gasteiger partial charge in [-0.3, -0.25) is 14.4 Å². The molecule has 1 aliphatic rings. The van der Waals surface area contributed by atoms with E-state index in [1.54, 1.807) is 18.2 Å². The number of hydrogen-bond acceptors (Lipinski definition) is 4. The highest BCUT2D eigenvalue weighted by Gasteiger charge is 2.36. The topological polar surface area (TPSA) is 92.7 Å².